The van der Waals surface area contributed by atoms with E-state index in [-0.39, 0.29) is 48.2 Å². The van der Waals surface area contributed by atoms with Crippen LogP contribution >= 0.6 is 0 Å². The van der Waals surface area contributed by atoms with Gasteiger partial charge in [0.15, 0.2) is 5.78 Å². The number of ketones is 1. The molecule has 266 valence electrons. The average Bonchev–Trinajstić information content (AvgIpc) is 2.99. The number of ether oxygens (including phenoxy) is 5. The van der Waals surface area contributed by atoms with Gasteiger partial charge in [-0.3, -0.25) is 14.4 Å². The number of esters is 2. The molecule has 0 amide bonds. The summed E-state index contributed by atoms with van der Waals surface area (Å²) in [5.41, 5.74) is 1.10. The van der Waals surface area contributed by atoms with Gasteiger partial charge in [0.2, 0.25) is 13.6 Å². The van der Waals surface area contributed by atoms with Gasteiger partial charge in [0.25, 0.3) is 0 Å². The molecule has 48 heavy (non-hydrogen) atoms. The van der Waals surface area contributed by atoms with Crippen LogP contribution in [0.5, 0.6) is 17.2 Å². The number of rotatable bonds is 15. The van der Waals surface area contributed by atoms with Crippen LogP contribution < -0.4 is 14.2 Å². The topological polar surface area (TPSA) is 97.4 Å². The second-order valence-corrected chi connectivity index (χ2v) is 15.8. The van der Waals surface area contributed by atoms with Crippen molar-refractivity contribution in [1.82, 2.24) is 0 Å². The van der Waals surface area contributed by atoms with Crippen LogP contribution in [0.25, 0.3) is 6.08 Å². The minimum Gasteiger partial charge on any atom is -0.490 e. The third kappa shape index (κ3) is 10.9. The summed E-state index contributed by atoms with van der Waals surface area (Å²) < 4.78 is 29.1. The molecule has 0 aliphatic carbocycles. The van der Waals surface area contributed by atoms with Crippen molar-refractivity contribution in [3.63, 3.8) is 0 Å². The maximum Gasteiger partial charge on any atom is 0.314 e. The van der Waals surface area contributed by atoms with Crippen LogP contribution in [0, 0.1) is 10.8 Å². The Bertz CT molecular complexity index is 1450. The van der Waals surface area contributed by atoms with Gasteiger partial charge >= 0.3 is 11.9 Å². The number of benzene rings is 2. The lowest BCUT2D eigenvalue weighted by atomic mass is 9.74. The minimum absolute atomic E-state index is 0.161. The van der Waals surface area contributed by atoms with Crippen LogP contribution in [0.3, 0.4) is 0 Å². The Labute approximate surface area is 288 Å². The summed E-state index contributed by atoms with van der Waals surface area (Å²) in [6, 6.07) is 8.78. The van der Waals surface area contributed by atoms with Gasteiger partial charge in [-0.1, -0.05) is 41.5 Å². The molecule has 0 fully saturated rings. The van der Waals surface area contributed by atoms with Crippen molar-refractivity contribution in [2.75, 3.05) is 13.6 Å². The van der Waals surface area contributed by atoms with Crippen molar-refractivity contribution in [2.24, 2.45) is 10.8 Å². The molecule has 0 aliphatic rings. The van der Waals surface area contributed by atoms with Crippen LogP contribution in [-0.4, -0.2) is 37.4 Å². The van der Waals surface area contributed by atoms with Crippen LogP contribution in [-0.2, 0) is 29.9 Å². The Kier molecular flexibility index (Phi) is 13.5. The molecule has 0 heterocycles. The monoisotopic (exact) mass is 666 g/mol. The van der Waals surface area contributed by atoms with Gasteiger partial charge in [0, 0.05) is 16.7 Å². The lowest BCUT2D eigenvalue weighted by Gasteiger charge is -2.34. The average molecular weight is 667 g/mol. The van der Waals surface area contributed by atoms with Gasteiger partial charge in [-0.15, -0.1) is 0 Å². The smallest absolute Gasteiger partial charge is 0.314 e. The van der Waals surface area contributed by atoms with E-state index in [1.807, 2.05) is 13.8 Å². The van der Waals surface area contributed by atoms with Gasteiger partial charge in [0.05, 0.1) is 22.5 Å². The Hall–Kier alpha value is -3.81. The first-order valence-electron chi connectivity index (χ1n) is 16.9. The number of hydrogen-bond donors (Lipinski definition) is 0. The first kappa shape index (κ1) is 40.4. The number of carbonyl (C=O) groups excluding carboxylic acids is 3. The Morgan fingerprint density at radius 2 is 1.15 bits per heavy atom. The molecule has 2 aromatic carbocycles. The molecule has 0 radical (unpaired) electrons. The first-order valence-corrected chi connectivity index (χ1v) is 16.9. The molecule has 0 bridgehead atoms. The van der Waals surface area contributed by atoms with E-state index < -0.39 is 10.8 Å². The van der Waals surface area contributed by atoms with Crippen molar-refractivity contribution in [3.8, 4) is 17.2 Å². The van der Waals surface area contributed by atoms with Gasteiger partial charge in [-0.2, -0.15) is 0 Å². The summed E-state index contributed by atoms with van der Waals surface area (Å²) in [7, 11) is 0. The van der Waals surface area contributed by atoms with Crippen molar-refractivity contribution < 1.29 is 38.1 Å². The highest BCUT2D eigenvalue weighted by Gasteiger charge is 2.34. The molecule has 0 saturated carbocycles. The second kappa shape index (κ2) is 16.1. The molecule has 0 N–H and O–H groups in total. The number of allylic oxidation sites excluding steroid dienone is 1. The van der Waals surface area contributed by atoms with E-state index >= 15 is 0 Å². The third-order valence-corrected chi connectivity index (χ3v) is 8.42. The van der Waals surface area contributed by atoms with E-state index in [1.54, 1.807) is 71.9 Å². The third-order valence-electron chi connectivity index (χ3n) is 8.42. The van der Waals surface area contributed by atoms with Crippen molar-refractivity contribution >= 4 is 23.8 Å². The highest BCUT2D eigenvalue weighted by molar-refractivity contribution is 6.07. The largest absolute Gasteiger partial charge is 0.490 e. The summed E-state index contributed by atoms with van der Waals surface area (Å²) in [6.07, 6.45) is 4.74. The molecule has 0 unspecified atom stereocenters. The van der Waals surface area contributed by atoms with E-state index in [0.29, 0.717) is 28.4 Å². The molecular weight excluding hydrogens is 608 g/mol. The summed E-state index contributed by atoms with van der Waals surface area (Å²) in [5.74, 6) is 0.611. The molecule has 0 atom stereocenters. The van der Waals surface area contributed by atoms with Crippen molar-refractivity contribution in [2.45, 2.75) is 127 Å². The number of carbonyl (C=O) groups is 3. The van der Waals surface area contributed by atoms with Crippen LogP contribution in [0.15, 0.2) is 36.4 Å². The zero-order valence-corrected chi connectivity index (χ0v) is 31.7. The maximum absolute atomic E-state index is 13.5. The summed E-state index contributed by atoms with van der Waals surface area (Å²) in [6.45, 7) is 27.0. The van der Waals surface area contributed by atoms with Crippen LogP contribution in [0.2, 0.25) is 0 Å². The molecule has 2 aromatic rings. The fraction of sp³-hybridized carbons (Fsp3) is 0.575. The maximum atomic E-state index is 13.5. The van der Waals surface area contributed by atoms with Crippen molar-refractivity contribution in [3.05, 3.63) is 58.7 Å². The summed E-state index contributed by atoms with van der Waals surface area (Å²) >= 11 is 0. The molecule has 0 aliphatic heterocycles. The summed E-state index contributed by atoms with van der Waals surface area (Å²) in [4.78, 5) is 38.2. The van der Waals surface area contributed by atoms with Crippen LogP contribution in [0.1, 0.15) is 137 Å². The quantitative estimate of drug-likeness (QED) is 0.0802. The lowest BCUT2D eigenvalue weighted by molar-refractivity contribution is -0.160. The Morgan fingerprint density at radius 1 is 0.688 bits per heavy atom. The standard InChI is InChI=1S/C40H58O8/c1-15-39(11,12)30-23-31(40(13,14)16-2)34(48-26(3)4)29(33(30)45-25-47-36(43)38(8,9)10)21-22-32(41)27-17-19-28(20-18-27)44-24-46-35(42)37(5,6)7/h17-23,26H,15-16,24-25H2,1-14H3. The highest BCUT2D eigenvalue weighted by atomic mass is 16.7. The van der Waals surface area contributed by atoms with Crippen molar-refractivity contribution in [1.29, 1.82) is 0 Å². The first-order chi connectivity index (χ1) is 22.0. The SMILES string of the molecule is CCC(C)(C)c1cc(C(C)(C)CC)c(OC(C)C)c(C=CC(=O)c2ccc(OCOC(=O)C(C)(C)C)cc2)c1OCOC(=O)C(C)(C)C. The molecule has 0 saturated heterocycles. The van der Waals surface area contributed by atoms with Gasteiger partial charge in [-0.05, 0) is 122 Å². The molecule has 2 rings (SSSR count). The predicted octanol–water partition coefficient (Wildman–Crippen LogP) is 9.60. The Balaban J connectivity index is 2.63. The summed E-state index contributed by atoms with van der Waals surface area (Å²) in [5, 5.41) is 0. The lowest BCUT2D eigenvalue weighted by Crippen LogP contribution is -2.27. The highest BCUT2D eigenvalue weighted by Crippen LogP contribution is 2.48. The zero-order chi connectivity index (χ0) is 36.7. The van der Waals surface area contributed by atoms with Gasteiger partial charge in [0.1, 0.15) is 17.2 Å². The fourth-order valence-electron chi connectivity index (χ4n) is 4.42. The van der Waals surface area contributed by atoms with Crippen LogP contribution in [0.4, 0.5) is 0 Å². The number of hydrogen-bond acceptors (Lipinski definition) is 8. The van der Waals surface area contributed by atoms with E-state index in [2.05, 4.69) is 47.6 Å². The fourth-order valence-corrected chi connectivity index (χ4v) is 4.42. The Morgan fingerprint density at radius 3 is 1.58 bits per heavy atom. The van der Waals surface area contributed by atoms with E-state index in [9.17, 15) is 14.4 Å². The van der Waals surface area contributed by atoms with Gasteiger partial charge < -0.3 is 23.7 Å². The molecule has 0 spiro atoms. The normalized spacial score (nSPS) is 12.6. The van der Waals surface area contributed by atoms with E-state index in [1.165, 1.54) is 6.08 Å². The molecule has 8 nitrogen and oxygen atoms in total. The molecule has 0 aromatic heterocycles. The van der Waals surface area contributed by atoms with E-state index in [4.69, 9.17) is 23.7 Å². The molecular formula is C40H58O8. The zero-order valence-electron chi connectivity index (χ0n) is 31.7. The molecule has 8 heteroatoms. The second-order valence-electron chi connectivity index (χ2n) is 15.8. The predicted molar refractivity (Wildman–Crippen MR) is 191 cm³/mol. The van der Waals surface area contributed by atoms with Gasteiger partial charge in [-0.25, -0.2) is 0 Å². The minimum atomic E-state index is -0.692. The van der Waals surface area contributed by atoms with E-state index in [0.717, 1.165) is 24.0 Å².